The first-order valence-electron chi connectivity index (χ1n) is 50.6. The molecule has 0 fully saturated rings. The van der Waals surface area contributed by atoms with Gasteiger partial charge in [0.25, 0.3) is 0 Å². The fraction of sp³-hybridized carbons (Fsp3) is 0.143. The van der Waals surface area contributed by atoms with Gasteiger partial charge in [-0.25, -0.2) is 0 Å². The molecule has 0 aliphatic carbocycles. The fourth-order valence-corrected chi connectivity index (χ4v) is 19.7. The lowest BCUT2D eigenvalue weighted by atomic mass is 9.86. The largest absolute Gasteiger partial charge is 0.456 e. The number of nitrogens with zero attached hydrogens (tertiary/aromatic N) is 3. The number of para-hydroxylation sites is 3. The summed E-state index contributed by atoms with van der Waals surface area (Å²) in [5, 5.41) is 5.08. The van der Waals surface area contributed by atoms with Crippen LogP contribution in [-0.4, -0.2) is 0 Å². The molecule has 0 saturated carbocycles. The van der Waals surface area contributed by atoms with Gasteiger partial charge in [0.05, 0.1) is 5.69 Å². The average molecular weight is 1900 g/mol. The Morgan fingerprint density at radius 2 is 0.386 bits per heavy atom. The maximum Gasteiger partial charge on any atom is 0.135 e. The van der Waals surface area contributed by atoms with Crippen LogP contribution >= 0.6 is 11.3 Å². The van der Waals surface area contributed by atoms with E-state index < -0.39 is 0 Å². The van der Waals surface area contributed by atoms with Gasteiger partial charge in [-0.1, -0.05) is 474 Å². The molecule has 0 atom stereocenters. The van der Waals surface area contributed by atoms with Crippen LogP contribution in [0.5, 0.6) is 0 Å². The van der Waals surface area contributed by atoms with Crippen LogP contribution in [0.3, 0.4) is 0 Å². The first-order valence-corrected chi connectivity index (χ1v) is 51.5. The normalized spacial score (nSPS) is 11.6. The van der Waals surface area contributed by atoms with Gasteiger partial charge in [-0.2, -0.15) is 0 Å². The van der Waals surface area contributed by atoms with Crippen molar-refractivity contribution in [3.63, 3.8) is 0 Å². The molecule has 0 aliphatic heterocycles. The second-order valence-corrected chi connectivity index (χ2v) is 43.6. The number of hydrogen-bond acceptors (Lipinski definition) is 5. The van der Waals surface area contributed by atoms with E-state index in [1.165, 1.54) is 137 Å². The summed E-state index contributed by atoms with van der Waals surface area (Å²) in [5.74, 6) is 0. The molecule has 5 heteroatoms. The van der Waals surface area contributed by atoms with Crippen molar-refractivity contribution >= 4 is 105 Å². The minimum Gasteiger partial charge on any atom is -0.456 e. The van der Waals surface area contributed by atoms with Crippen molar-refractivity contribution < 1.29 is 4.42 Å². The Balaban J connectivity index is 0.000000120. The molecule has 22 rings (SSSR count). The molecule has 0 saturated heterocycles. The van der Waals surface area contributed by atoms with E-state index in [0.717, 1.165) is 62.4 Å². The van der Waals surface area contributed by atoms with E-state index in [2.05, 4.69) is 616 Å². The SMILES string of the molecule is CC(C)(C)c1ccc(-c2ccc3oc4ccccc4c3c2)cc1.CC(C)(C)c1ccc(-c2ccc3sc4ccccc4c3c2)cc1.CC(C)(C)c1ccc(N(c2ccc(-c3ccccc3)cc2)c2ccc(-c3ccccc3)cc2)cc1.CC(C)(C)c1ccc(N(c2ccc(-c3ccccc3)cc2)c2ccccc2-c2ccccc2)cc1.CC(C)(C)c1ccc(N(c2ccccc2)c2ccc(-c3ccccc3)cc2)cc1. The van der Waals surface area contributed by atoms with E-state index in [9.17, 15) is 0 Å². The van der Waals surface area contributed by atoms with Crippen LogP contribution in [0, 0.1) is 0 Å². The number of benzene rings is 20. The molecule has 0 N–H and O–H groups in total. The monoisotopic (exact) mass is 1900 g/mol. The fourth-order valence-electron chi connectivity index (χ4n) is 18.6. The van der Waals surface area contributed by atoms with Crippen molar-refractivity contribution in [1.29, 1.82) is 0 Å². The molecule has 20 aromatic carbocycles. The topological polar surface area (TPSA) is 22.9 Å². The van der Waals surface area contributed by atoms with Crippen LogP contribution in [0.2, 0.25) is 0 Å². The summed E-state index contributed by atoms with van der Waals surface area (Å²) in [6, 6.07) is 182. The Hall–Kier alpha value is -16.2. The van der Waals surface area contributed by atoms with Gasteiger partial charge in [0, 0.05) is 82.0 Å². The summed E-state index contributed by atoms with van der Waals surface area (Å²) < 4.78 is 8.63. The van der Waals surface area contributed by atoms with Crippen molar-refractivity contribution in [3.8, 4) is 77.9 Å². The number of hydrogen-bond donors (Lipinski definition) is 0. The summed E-state index contributed by atoms with van der Waals surface area (Å²) in [5.41, 5.74) is 37.0. The number of rotatable bonds is 16. The highest BCUT2D eigenvalue weighted by Gasteiger charge is 2.25. The average Bonchev–Trinajstić information content (AvgIpc) is 1.15. The quantitative estimate of drug-likeness (QED) is 0.0962. The molecule has 2 aromatic heterocycles. The lowest BCUT2D eigenvalue weighted by Crippen LogP contribution is -2.13. The molecule has 0 bridgehead atoms. The molecule has 0 aliphatic rings. The second-order valence-electron chi connectivity index (χ2n) is 42.5. The Morgan fingerprint density at radius 1 is 0.159 bits per heavy atom. The molecule has 145 heavy (non-hydrogen) atoms. The summed E-state index contributed by atoms with van der Waals surface area (Å²) >= 11 is 1.87. The van der Waals surface area contributed by atoms with Gasteiger partial charge < -0.3 is 19.1 Å². The molecule has 22 aromatic rings. The predicted octanol–water partition coefficient (Wildman–Crippen LogP) is 41.3. The van der Waals surface area contributed by atoms with Crippen LogP contribution in [-0.2, 0) is 27.1 Å². The van der Waals surface area contributed by atoms with Crippen LogP contribution in [0.1, 0.15) is 132 Å². The second kappa shape index (κ2) is 43.7. The molecule has 2 heterocycles. The molecule has 0 spiro atoms. The molecule has 0 radical (unpaired) electrons. The Bertz CT molecular complexity index is 7720. The van der Waals surface area contributed by atoms with E-state index in [1.807, 2.05) is 23.5 Å². The van der Waals surface area contributed by atoms with Crippen molar-refractivity contribution in [2.75, 3.05) is 14.7 Å². The first-order chi connectivity index (χ1) is 70.1. The maximum absolute atomic E-state index is 5.91. The summed E-state index contributed by atoms with van der Waals surface area (Å²) in [4.78, 5) is 7.00. The molecular weight excluding hydrogens is 1770 g/mol. The maximum atomic E-state index is 5.91. The summed E-state index contributed by atoms with van der Waals surface area (Å²) in [6.07, 6.45) is 0. The van der Waals surface area contributed by atoms with E-state index in [0.29, 0.717) is 0 Å². The molecule has 716 valence electrons. The van der Waals surface area contributed by atoms with Gasteiger partial charge in [-0.05, 0) is 267 Å². The van der Waals surface area contributed by atoms with Crippen LogP contribution in [0.15, 0.2) is 514 Å². The molecule has 0 amide bonds. The first kappa shape index (κ1) is 99.0. The Morgan fingerprint density at radius 3 is 0.745 bits per heavy atom. The van der Waals surface area contributed by atoms with Gasteiger partial charge in [0.2, 0.25) is 0 Å². The highest BCUT2D eigenvalue weighted by molar-refractivity contribution is 7.25. The van der Waals surface area contributed by atoms with Gasteiger partial charge in [0.1, 0.15) is 11.2 Å². The molecular formula is C140H129N3OS. The molecule has 4 nitrogen and oxygen atoms in total. The van der Waals surface area contributed by atoms with Gasteiger partial charge in [-0.15, -0.1) is 11.3 Å². The van der Waals surface area contributed by atoms with E-state index in [-0.39, 0.29) is 27.1 Å². The molecule has 0 unspecified atom stereocenters. The van der Waals surface area contributed by atoms with E-state index >= 15 is 0 Å². The lowest BCUT2D eigenvalue weighted by molar-refractivity contribution is 0.590. The Kier molecular flexibility index (Phi) is 29.9. The third-order valence-electron chi connectivity index (χ3n) is 27.1. The van der Waals surface area contributed by atoms with E-state index in [4.69, 9.17) is 4.42 Å². The summed E-state index contributed by atoms with van der Waals surface area (Å²) in [7, 11) is 0. The standard InChI is InChI=1S/2C34H31N.C28H27N.C22H20O.C22H20S/c1-34(2,3)29-20-24-31(25-21-29)35(30-22-18-27(19-23-30)26-12-6-4-7-13-26)33-17-11-10-16-32(33)28-14-8-5-9-15-28;1-34(2,3)30-18-24-33(25-19-30)35(31-20-14-28(15-21-31)26-10-6-4-7-11-26)32-22-16-29(17-23-32)27-12-8-5-9-13-27;1-28(2,3)24-16-20-27(21-17-24)29(25-12-8-5-9-13-25)26-18-14-23(15-19-26)22-10-6-4-7-11-22;2*1-22(2,3)17-11-8-15(9-12-17)16-10-13-21-19(14-16)18-6-4-5-7-20(18)23-21/h2*4-25H,1-3H3;4-21H,1-3H3;2*4-14H,1-3H3. The summed E-state index contributed by atoms with van der Waals surface area (Å²) in [6.45, 7) is 33.8. The predicted molar refractivity (Wildman–Crippen MR) is 628 cm³/mol. The van der Waals surface area contributed by atoms with Gasteiger partial charge >= 0.3 is 0 Å². The van der Waals surface area contributed by atoms with Crippen LogP contribution in [0.25, 0.3) is 120 Å². The number of anilines is 9. The van der Waals surface area contributed by atoms with Crippen molar-refractivity contribution in [2.24, 2.45) is 0 Å². The lowest BCUT2D eigenvalue weighted by Gasteiger charge is -2.29. The minimum absolute atomic E-state index is 0.114. The smallest absolute Gasteiger partial charge is 0.135 e. The third kappa shape index (κ3) is 23.9. The van der Waals surface area contributed by atoms with Crippen molar-refractivity contribution in [1.82, 2.24) is 0 Å². The number of fused-ring (bicyclic) bond motifs is 6. The number of furan rings is 1. The highest BCUT2D eigenvalue weighted by Crippen LogP contribution is 2.46. The zero-order valence-corrected chi connectivity index (χ0v) is 87.0. The van der Waals surface area contributed by atoms with Gasteiger partial charge in [0.15, 0.2) is 0 Å². The van der Waals surface area contributed by atoms with E-state index in [1.54, 1.807) is 0 Å². The number of thiophene rings is 1. The van der Waals surface area contributed by atoms with Crippen LogP contribution in [0.4, 0.5) is 51.2 Å². The van der Waals surface area contributed by atoms with Crippen molar-refractivity contribution in [3.05, 3.63) is 537 Å². The highest BCUT2D eigenvalue weighted by atomic mass is 32.1. The third-order valence-corrected chi connectivity index (χ3v) is 28.2. The van der Waals surface area contributed by atoms with Crippen molar-refractivity contribution in [2.45, 2.75) is 131 Å². The minimum atomic E-state index is 0.114. The zero-order valence-electron chi connectivity index (χ0n) is 86.2. The van der Waals surface area contributed by atoms with Gasteiger partial charge in [-0.3, -0.25) is 0 Å². The van der Waals surface area contributed by atoms with Crippen LogP contribution < -0.4 is 14.7 Å². The zero-order chi connectivity index (χ0) is 101. The Labute approximate surface area is 863 Å².